The van der Waals surface area contributed by atoms with Crippen molar-refractivity contribution in [1.82, 2.24) is 9.97 Å². The number of nitrogens with two attached hydrogens (primary N) is 1. The molecule has 0 fully saturated rings. The fraction of sp³-hybridized carbons (Fsp3) is 0.231. The first-order valence-corrected chi connectivity index (χ1v) is 5.50. The van der Waals surface area contributed by atoms with Crippen LogP contribution in [-0.2, 0) is 6.54 Å². The highest BCUT2D eigenvalue weighted by atomic mass is 15.2. The molecule has 2 rings (SSSR count). The van der Waals surface area contributed by atoms with E-state index in [4.69, 9.17) is 5.73 Å². The minimum absolute atomic E-state index is 0.725. The van der Waals surface area contributed by atoms with Crippen LogP contribution >= 0.6 is 0 Å². The number of anilines is 2. The Morgan fingerprint density at radius 2 is 2.12 bits per heavy atom. The molecule has 17 heavy (non-hydrogen) atoms. The van der Waals surface area contributed by atoms with E-state index >= 15 is 0 Å². The van der Waals surface area contributed by atoms with Gasteiger partial charge in [-0.25, -0.2) is 4.98 Å². The van der Waals surface area contributed by atoms with Gasteiger partial charge in [0.2, 0.25) is 0 Å². The molecule has 0 radical (unpaired) electrons. The van der Waals surface area contributed by atoms with E-state index in [9.17, 15) is 0 Å². The van der Waals surface area contributed by atoms with Gasteiger partial charge in [-0.05, 0) is 30.7 Å². The molecule has 0 aliphatic rings. The molecule has 0 atom stereocenters. The van der Waals surface area contributed by atoms with Gasteiger partial charge in [0.05, 0.1) is 11.4 Å². The standard InChI is InChI=1S/C13H16N4/c1-10-12(14)5-6-13(16-10)17(2)9-11-4-3-7-15-8-11/h3-8H,9,14H2,1-2H3. The summed E-state index contributed by atoms with van der Waals surface area (Å²) in [5, 5.41) is 0. The third kappa shape index (κ3) is 2.72. The maximum absolute atomic E-state index is 5.75. The van der Waals surface area contributed by atoms with Gasteiger partial charge in [0.1, 0.15) is 5.82 Å². The Labute approximate surface area is 101 Å². The smallest absolute Gasteiger partial charge is 0.128 e. The fourth-order valence-electron chi connectivity index (χ4n) is 1.62. The number of rotatable bonds is 3. The molecule has 0 aliphatic heterocycles. The average molecular weight is 228 g/mol. The van der Waals surface area contributed by atoms with Crippen molar-refractivity contribution in [2.75, 3.05) is 17.7 Å². The number of hydrogen-bond acceptors (Lipinski definition) is 4. The summed E-state index contributed by atoms with van der Waals surface area (Å²) in [6, 6.07) is 7.80. The molecule has 0 unspecified atom stereocenters. The van der Waals surface area contributed by atoms with Crippen molar-refractivity contribution in [3.63, 3.8) is 0 Å². The second-order valence-electron chi connectivity index (χ2n) is 4.06. The Morgan fingerprint density at radius 3 is 2.76 bits per heavy atom. The van der Waals surface area contributed by atoms with Crippen molar-refractivity contribution >= 4 is 11.5 Å². The van der Waals surface area contributed by atoms with Gasteiger partial charge in [0.15, 0.2) is 0 Å². The van der Waals surface area contributed by atoms with Gasteiger partial charge in [0, 0.05) is 26.0 Å². The van der Waals surface area contributed by atoms with Crippen LogP contribution in [0.4, 0.5) is 11.5 Å². The molecule has 0 amide bonds. The summed E-state index contributed by atoms with van der Waals surface area (Å²) in [5.41, 5.74) is 8.50. The Hall–Kier alpha value is -2.10. The zero-order chi connectivity index (χ0) is 12.3. The van der Waals surface area contributed by atoms with E-state index in [2.05, 4.69) is 14.9 Å². The Bertz CT molecular complexity index is 496. The SMILES string of the molecule is Cc1nc(N(C)Cc2cccnc2)ccc1N. The molecule has 4 heteroatoms. The minimum Gasteiger partial charge on any atom is -0.397 e. The second-order valence-corrected chi connectivity index (χ2v) is 4.06. The Kier molecular flexibility index (Phi) is 3.23. The van der Waals surface area contributed by atoms with Crippen LogP contribution in [0.1, 0.15) is 11.3 Å². The number of nitrogens with zero attached hydrogens (tertiary/aromatic N) is 3. The maximum atomic E-state index is 5.75. The van der Waals surface area contributed by atoms with E-state index in [-0.39, 0.29) is 0 Å². The second kappa shape index (κ2) is 4.82. The quantitative estimate of drug-likeness (QED) is 0.873. The van der Waals surface area contributed by atoms with E-state index < -0.39 is 0 Å². The molecular formula is C13H16N4. The zero-order valence-corrected chi connectivity index (χ0v) is 10.1. The summed E-state index contributed by atoms with van der Waals surface area (Å²) in [4.78, 5) is 10.6. The van der Waals surface area contributed by atoms with E-state index in [1.165, 1.54) is 0 Å². The number of nitrogen functional groups attached to an aromatic ring is 1. The van der Waals surface area contributed by atoms with Crippen LogP contribution in [0.5, 0.6) is 0 Å². The van der Waals surface area contributed by atoms with E-state index in [0.29, 0.717) is 0 Å². The molecule has 2 heterocycles. The lowest BCUT2D eigenvalue weighted by Gasteiger charge is -2.18. The summed E-state index contributed by atoms with van der Waals surface area (Å²) in [7, 11) is 2.00. The molecule has 0 bridgehead atoms. The van der Waals surface area contributed by atoms with E-state index in [1.54, 1.807) is 6.20 Å². The zero-order valence-electron chi connectivity index (χ0n) is 10.1. The lowest BCUT2D eigenvalue weighted by Crippen LogP contribution is -2.18. The van der Waals surface area contributed by atoms with Crippen LogP contribution in [0.2, 0.25) is 0 Å². The van der Waals surface area contributed by atoms with Crippen LogP contribution < -0.4 is 10.6 Å². The lowest BCUT2D eigenvalue weighted by molar-refractivity contribution is 0.887. The van der Waals surface area contributed by atoms with Crippen molar-refractivity contribution in [3.05, 3.63) is 47.9 Å². The van der Waals surface area contributed by atoms with Crippen molar-refractivity contribution in [3.8, 4) is 0 Å². The summed E-state index contributed by atoms with van der Waals surface area (Å²) >= 11 is 0. The van der Waals surface area contributed by atoms with Crippen LogP contribution in [-0.4, -0.2) is 17.0 Å². The van der Waals surface area contributed by atoms with Crippen LogP contribution in [0.15, 0.2) is 36.7 Å². The highest BCUT2D eigenvalue weighted by Crippen LogP contribution is 2.16. The molecule has 2 N–H and O–H groups in total. The molecule has 88 valence electrons. The molecule has 0 saturated heterocycles. The first-order valence-electron chi connectivity index (χ1n) is 5.50. The minimum atomic E-state index is 0.725. The number of hydrogen-bond donors (Lipinski definition) is 1. The van der Waals surface area contributed by atoms with Gasteiger partial charge < -0.3 is 10.6 Å². The van der Waals surface area contributed by atoms with Crippen molar-refractivity contribution in [1.29, 1.82) is 0 Å². The predicted molar refractivity (Wildman–Crippen MR) is 69.7 cm³/mol. The third-order valence-corrected chi connectivity index (χ3v) is 2.65. The molecule has 2 aromatic heterocycles. The molecule has 0 saturated carbocycles. The van der Waals surface area contributed by atoms with Gasteiger partial charge in [-0.1, -0.05) is 6.07 Å². The van der Waals surface area contributed by atoms with Crippen molar-refractivity contribution in [2.45, 2.75) is 13.5 Å². The Balaban J connectivity index is 2.14. The van der Waals surface area contributed by atoms with Gasteiger partial charge in [0.25, 0.3) is 0 Å². The number of aromatic nitrogens is 2. The monoisotopic (exact) mass is 228 g/mol. The molecule has 0 aromatic carbocycles. The molecular weight excluding hydrogens is 212 g/mol. The van der Waals surface area contributed by atoms with Crippen LogP contribution in [0.25, 0.3) is 0 Å². The molecule has 4 nitrogen and oxygen atoms in total. The first kappa shape index (κ1) is 11.4. The summed E-state index contributed by atoms with van der Waals surface area (Å²) in [5.74, 6) is 0.917. The average Bonchev–Trinajstić information content (AvgIpc) is 2.34. The molecule has 0 spiro atoms. The van der Waals surface area contributed by atoms with Gasteiger partial charge in [-0.2, -0.15) is 0 Å². The van der Waals surface area contributed by atoms with Gasteiger partial charge in [-0.15, -0.1) is 0 Å². The third-order valence-electron chi connectivity index (χ3n) is 2.65. The van der Waals surface area contributed by atoms with E-state index in [0.717, 1.165) is 29.3 Å². The van der Waals surface area contributed by atoms with Gasteiger partial charge >= 0.3 is 0 Å². The van der Waals surface area contributed by atoms with Gasteiger partial charge in [-0.3, -0.25) is 4.98 Å². The lowest BCUT2D eigenvalue weighted by atomic mass is 10.2. The maximum Gasteiger partial charge on any atom is 0.128 e. The van der Waals surface area contributed by atoms with Crippen molar-refractivity contribution < 1.29 is 0 Å². The molecule has 0 aliphatic carbocycles. The summed E-state index contributed by atoms with van der Waals surface area (Å²) < 4.78 is 0. The number of aryl methyl sites for hydroxylation is 1. The highest BCUT2D eigenvalue weighted by Gasteiger charge is 2.05. The summed E-state index contributed by atoms with van der Waals surface area (Å²) in [6.45, 7) is 2.70. The van der Waals surface area contributed by atoms with Crippen LogP contribution in [0, 0.1) is 6.92 Å². The van der Waals surface area contributed by atoms with E-state index in [1.807, 2.05) is 44.4 Å². The highest BCUT2D eigenvalue weighted by molar-refractivity contribution is 5.50. The Morgan fingerprint density at radius 1 is 1.29 bits per heavy atom. The fourth-order valence-corrected chi connectivity index (χ4v) is 1.62. The normalized spacial score (nSPS) is 10.2. The molecule has 2 aromatic rings. The number of pyridine rings is 2. The first-order chi connectivity index (χ1) is 8.16. The van der Waals surface area contributed by atoms with Crippen molar-refractivity contribution in [2.24, 2.45) is 0 Å². The predicted octanol–water partition coefficient (Wildman–Crippen LogP) is 2.00. The summed E-state index contributed by atoms with van der Waals surface area (Å²) in [6.07, 6.45) is 3.63. The van der Waals surface area contributed by atoms with Crippen LogP contribution in [0.3, 0.4) is 0 Å². The topological polar surface area (TPSA) is 55.0 Å². The largest absolute Gasteiger partial charge is 0.397 e.